The zero-order chi connectivity index (χ0) is 23.5. The molecule has 0 aliphatic carbocycles. The van der Waals surface area contributed by atoms with Crippen molar-refractivity contribution in [1.82, 2.24) is 19.9 Å². The molecule has 0 spiro atoms. The number of amides is 1. The van der Waals surface area contributed by atoms with E-state index < -0.39 is 0 Å². The van der Waals surface area contributed by atoms with Gasteiger partial charge in [-0.2, -0.15) is 0 Å². The van der Waals surface area contributed by atoms with E-state index in [2.05, 4.69) is 30.6 Å². The summed E-state index contributed by atoms with van der Waals surface area (Å²) in [6.45, 7) is 1.16. The number of rotatable bonds is 8. The van der Waals surface area contributed by atoms with Gasteiger partial charge in [0, 0.05) is 22.0 Å². The van der Waals surface area contributed by atoms with Crippen LogP contribution in [0.1, 0.15) is 10.4 Å². The number of aromatic nitrogens is 4. The summed E-state index contributed by atoms with van der Waals surface area (Å²) in [5.41, 5.74) is 1.71. The third-order valence-electron chi connectivity index (χ3n) is 4.99. The van der Waals surface area contributed by atoms with Crippen LogP contribution in [0.2, 0.25) is 5.02 Å². The molecule has 1 atom stereocenters. The van der Waals surface area contributed by atoms with Gasteiger partial charge in [0.05, 0.1) is 37.3 Å². The van der Waals surface area contributed by atoms with Gasteiger partial charge in [0.25, 0.3) is 5.91 Å². The quantitative estimate of drug-likeness (QED) is 0.363. The third kappa shape index (κ3) is 4.98. The number of carbonyl (C=O) groups is 1. The standard InChI is InChI=1S/C23H19ClN6O4/c1-32-19-6-17-18(7-20(19)34-11-16-10-33-16)27-12-28-21(17)29-15-8-25-23(26-9-15)30-22(31)13-2-4-14(24)5-3-13/h2-9,12,16H,10-11H2,1H3,(H,27,28,29)(H,25,26,30,31)/t16-/m1/s1. The highest BCUT2D eigenvalue weighted by atomic mass is 35.5. The Morgan fingerprint density at radius 1 is 1.12 bits per heavy atom. The van der Waals surface area contributed by atoms with Crippen molar-refractivity contribution in [3.63, 3.8) is 0 Å². The highest BCUT2D eigenvalue weighted by Crippen LogP contribution is 2.35. The van der Waals surface area contributed by atoms with Gasteiger partial charge in [0.2, 0.25) is 5.95 Å². The number of anilines is 3. The smallest absolute Gasteiger partial charge is 0.258 e. The van der Waals surface area contributed by atoms with Gasteiger partial charge in [0.1, 0.15) is 24.9 Å². The zero-order valence-electron chi connectivity index (χ0n) is 18.0. The van der Waals surface area contributed by atoms with E-state index in [-0.39, 0.29) is 18.0 Å². The van der Waals surface area contributed by atoms with Crippen LogP contribution in [0.3, 0.4) is 0 Å². The number of fused-ring (bicyclic) bond motifs is 1. The molecular weight excluding hydrogens is 460 g/mol. The Kier molecular flexibility index (Phi) is 6.07. The fourth-order valence-electron chi connectivity index (χ4n) is 3.15. The average Bonchev–Trinajstić information content (AvgIpc) is 3.68. The van der Waals surface area contributed by atoms with Crippen molar-refractivity contribution in [2.75, 3.05) is 31.0 Å². The molecular formula is C23H19ClN6O4. The molecule has 0 bridgehead atoms. The minimum atomic E-state index is -0.336. The van der Waals surface area contributed by atoms with Gasteiger partial charge in [-0.15, -0.1) is 0 Å². The van der Waals surface area contributed by atoms with E-state index in [4.69, 9.17) is 25.8 Å². The van der Waals surface area contributed by atoms with E-state index in [1.165, 1.54) is 6.33 Å². The van der Waals surface area contributed by atoms with Crippen LogP contribution in [0.15, 0.2) is 55.1 Å². The molecule has 5 rings (SSSR count). The molecule has 2 N–H and O–H groups in total. The number of ether oxygens (including phenoxy) is 3. The Morgan fingerprint density at radius 2 is 1.88 bits per heavy atom. The number of hydrogen-bond donors (Lipinski definition) is 2. The molecule has 34 heavy (non-hydrogen) atoms. The van der Waals surface area contributed by atoms with Crippen LogP contribution in [0.5, 0.6) is 11.5 Å². The molecule has 0 radical (unpaired) electrons. The van der Waals surface area contributed by atoms with Crippen molar-refractivity contribution < 1.29 is 19.0 Å². The Balaban J connectivity index is 1.32. The minimum absolute atomic E-state index is 0.127. The maximum absolute atomic E-state index is 12.3. The molecule has 1 amide bonds. The van der Waals surface area contributed by atoms with Crippen LogP contribution in [0.25, 0.3) is 10.9 Å². The van der Waals surface area contributed by atoms with Gasteiger partial charge in [-0.3, -0.25) is 10.1 Å². The highest BCUT2D eigenvalue weighted by Gasteiger charge is 2.24. The number of methoxy groups -OCH3 is 1. The van der Waals surface area contributed by atoms with Gasteiger partial charge >= 0.3 is 0 Å². The predicted molar refractivity (Wildman–Crippen MR) is 126 cm³/mol. The van der Waals surface area contributed by atoms with Gasteiger partial charge in [-0.05, 0) is 30.3 Å². The van der Waals surface area contributed by atoms with Crippen LogP contribution in [0, 0.1) is 0 Å². The maximum atomic E-state index is 12.3. The van der Waals surface area contributed by atoms with Crippen molar-refractivity contribution in [3.8, 4) is 11.5 Å². The number of hydrogen-bond acceptors (Lipinski definition) is 9. The molecule has 0 saturated carbocycles. The first kappa shape index (κ1) is 21.8. The van der Waals surface area contributed by atoms with E-state index in [1.807, 2.05) is 6.07 Å². The average molecular weight is 479 g/mol. The molecule has 4 aromatic rings. The molecule has 1 fully saturated rings. The Labute approximate surface area is 199 Å². The summed E-state index contributed by atoms with van der Waals surface area (Å²) in [6, 6.07) is 10.1. The summed E-state index contributed by atoms with van der Waals surface area (Å²) in [5.74, 6) is 1.52. The van der Waals surface area contributed by atoms with Gasteiger partial charge < -0.3 is 19.5 Å². The molecule has 3 heterocycles. The third-order valence-corrected chi connectivity index (χ3v) is 5.25. The topological polar surface area (TPSA) is 124 Å². The maximum Gasteiger partial charge on any atom is 0.258 e. The molecule has 172 valence electrons. The predicted octanol–water partition coefficient (Wildman–Crippen LogP) is 3.86. The largest absolute Gasteiger partial charge is 0.493 e. The summed E-state index contributed by atoms with van der Waals surface area (Å²) in [4.78, 5) is 29.4. The highest BCUT2D eigenvalue weighted by molar-refractivity contribution is 6.30. The first-order chi connectivity index (χ1) is 16.6. The van der Waals surface area contributed by atoms with Crippen LogP contribution < -0.4 is 20.1 Å². The molecule has 2 aromatic carbocycles. The SMILES string of the molecule is COc1cc2c(Nc3cnc(NC(=O)c4ccc(Cl)cc4)nc3)ncnc2cc1OC[C@H]1CO1. The fraction of sp³-hybridized carbons (Fsp3) is 0.174. The first-order valence-electron chi connectivity index (χ1n) is 10.3. The number of carbonyl (C=O) groups excluding carboxylic acids is 1. The molecule has 10 nitrogen and oxygen atoms in total. The van der Waals surface area contributed by atoms with Crippen molar-refractivity contribution in [3.05, 3.63) is 65.7 Å². The molecule has 1 saturated heterocycles. The zero-order valence-corrected chi connectivity index (χ0v) is 18.7. The molecule has 1 aliphatic rings. The van der Waals surface area contributed by atoms with Crippen LogP contribution >= 0.6 is 11.6 Å². The summed E-state index contributed by atoms with van der Waals surface area (Å²) in [7, 11) is 1.57. The Hall–Kier alpha value is -4.02. The van der Waals surface area contributed by atoms with Crippen molar-refractivity contribution >= 4 is 45.9 Å². The van der Waals surface area contributed by atoms with Gasteiger partial charge in [-0.25, -0.2) is 19.9 Å². The minimum Gasteiger partial charge on any atom is -0.493 e. The lowest BCUT2D eigenvalue weighted by Gasteiger charge is -2.13. The second-order valence-electron chi connectivity index (χ2n) is 7.39. The molecule has 11 heteroatoms. The van der Waals surface area contributed by atoms with Crippen LogP contribution in [-0.2, 0) is 4.74 Å². The summed E-state index contributed by atoms with van der Waals surface area (Å²) in [5, 5.41) is 7.11. The van der Waals surface area contributed by atoms with E-state index >= 15 is 0 Å². The second-order valence-corrected chi connectivity index (χ2v) is 7.83. The number of nitrogens with zero attached hydrogens (tertiary/aromatic N) is 4. The van der Waals surface area contributed by atoms with Gasteiger partial charge in [0.15, 0.2) is 11.5 Å². The molecule has 2 aromatic heterocycles. The van der Waals surface area contributed by atoms with E-state index in [0.717, 1.165) is 5.39 Å². The van der Waals surface area contributed by atoms with Crippen LogP contribution in [-0.4, -0.2) is 52.3 Å². The lowest BCUT2D eigenvalue weighted by atomic mass is 10.2. The monoisotopic (exact) mass is 478 g/mol. The number of epoxide rings is 1. The van der Waals surface area contributed by atoms with Crippen molar-refractivity contribution in [1.29, 1.82) is 0 Å². The number of nitrogens with one attached hydrogen (secondary N) is 2. The summed E-state index contributed by atoms with van der Waals surface area (Å²) in [6.07, 6.45) is 4.67. The van der Waals surface area contributed by atoms with Crippen molar-refractivity contribution in [2.45, 2.75) is 6.10 Å². The lowest BCUT2D eigenvalue weighted by Crippen LogP contribution is -2.14. The summed E-state index contributed by atoms with van der Waals surface area (Å²) < 4.78 is 16.5. The first-order valence-corrected chi connectivity index (χ1v) is 10.7. The summed E-state index contributed by atoms with van der Waals surface area (Å²) >= 11 is 5.86. The van der Waals surface area contributed by atoms with E-state index in [0.29, 0.717) is 52.3 Å². The van der Waals surface area contributed by atoms with Crippen molar-refractivity contribution in [2.24, 2.45) is 0 Å². The van der Waals surface area contributed by atoms with Crippen LogP contribution in [0.4, 0.5) is 17.5 Å². The Bertz CT molecular complexity index is 1330. The number of benzene rings is 2. The van der Waals surface area contributed by atoms with E-state index in [9.17, 15) is 4.79 Å². The van der Waals surface area contributed by atoms with E-state index in [1.54, 1.807) is 49.8 Å². The number of halogens is 1. The normalized spacial score (nSPS) is 14.5. The van der Waals surface area contributed by atoms with Gasteiger partial charge in [-0.1, -0.05) is 11.6 Å². The molecule has 1 aliphatic heterocycles. The fourth-order valence-corrected chi connectivity index (χ4v) is 3.28. The lowest BCUT2D eigenvalue weighted by molar-refractivity contribution is 0.102. The second kappa shape index (κ2) is 9.46. The Morgan fingerprint density at radius 3 is 2.59 bits per heavy atom. The molecule has 0 unspecified atom stereocenters.